The topological polar surface area (TPSA) is 114 Å². The van der Waals surface area contributed by atoms with Gasteiger partial charge in [0.2, 0.25) is 5.91 Å². The number of ether oxygens (including phenoxy) is 1. The fraction of sp³-hybridized carbons (Fsp3) is 0.350. The smallest absolute Gasteiger partial charge is 0.261 e. The summed E-state index contributed by atoms with van der Waals surface area (Å²) < 4.78 is 5.13. The number of carbonyl (C=O) groups excluding carboxylic acids is 2. The first-order valence-electron chi connectivity index (χ1n) is 8.96. The number of pyridine rings is 1. The highest BCUT2D eigenvalue weighted by Crippen LogP contribution is 2.28. The van der Waals surface area contributed by atoms with E-state index in [4.69, 9.17) is 10.5 Å². The highest BCUT2D eigenvalue weighted by atomic mass is 16.5. The van der Waals surface area contributed by atoms with Crippen LogP contribution in [0.4, 0.5) is 0 Å². The van der Waals surface area contributed by atoms with Crippen molar-refractivity contribution in [3.8, 4) is 5.75 Å². The molecule has 2 amide bonds. The van der Waals surface area contributed by atoms with Gasteiger partial charge in [0.05, 0.1) is 13.2 Å². The Morgan fingerprint density at radius 3 is 2.70 bits per heavy atom. The Hall–Kier alpha value is -3.09. The molecule has 1 heterocycles. The van der Waals surface area contributed by atoms with Crippen molar-refractivity contribution in [3.05, 3.63) is 63.1 Å². The van der Waals surface area contributed by atoms with Crippen molar-refractivity contribution in [1.29, 1.82) is 0 Å². The molecule has 1 aromatic carbocycles. The van der Waals surface area contributed by atoms with Crippen LogP contribution in [0.25, 0.3) is 0 Å². The maximum atomic E-state index is 12.4. The summed E-state index contributed by atoms with van der Waals surface area (Å²) in [5.74, 6) is -0.0639. The van der Waals surface area contributed by atoms with Crippen molar-refractivity contribution in [2.75, 3.05) is 7.11 Å². The molecule has 0 fully saturated rings. The number of primary amides is 1. The zero-order chi connectivity index (χ0) is 19.4. The minimum absolute atomic E-state index is 0.0736. The number of amides is 2. The van der Waals surface area contributed by atoms with E-state index in [-0.39, 0.29) is 17.5 Å². The molecule has 1 aliphatic rings. The number of aromatic amines is 1. The average Bonchev–Trinajstić information content (AvgIpc) is 2.66. The molecule has 3 rings (SSSR count). The summed E-state index contributed by atoms with van der Waals surface area (Å²) in [5, 5.41) is 3.02. The third kappa shape index (κ3) is 4.36. The Labute approximate surface area is 156 Å². The van der Waals surface area contributed by atoms with Crippen LogP contribution in [-0.4, -0.2) is 23.9 Å². The van der Waals surface area contributed by atoms with E-state index in [0.717, 1.165) is 35.4 Å². The van der Waals surface area contributed by atoms with Crippen LogP contribution >= 0.6 is 0 Å². The lowest BCUT2D eigenvalue weighted by molar-refractivity contribution is -0.121. The van der Waals surface area contributed by atoms with E-state index in [0.29, 0.717) is 19.3 Å². The molecule has 7 heteroatoms. The number of H-pyrrole nitrogens is 1. The molecule has 0 saturated heterocycles. The van der Waals surface area contributed by atoms with E-state index in [1.807, 2.05) is 24.3 Å². The number of aromatic nitrogens is 1. The van der Waals surface area contributed by atoms with Gasteiger partial charge in [-0.25, -0.2) is 0 Å². The largest absolute Gasteiger partial charge is 0.497 e. The maximum Gasteiger partial charge on any atom is 0.261 e. The molecule has 1 atom stereocenters. The van der Waals surface area contributed by atoms with Crippen LogP contribution in [0.2, 0.25) is 0 Å². The number of fused-ring (bicyclic) bond motifs is 1. The number of hydrogen-bond donors (Lipinski definition) is 3. The summed E-state index contributed by atoms with van der Waals surface area (Å²) in [7, 11) is 1.61. The third-order valence-electron chi connectivity index (χ3n) is 4.85. The van der Waals surface area contributed by atoms with Gasteiger partial charge < -0.3 is 20.8 Å². The van der Waals surface area contributed by atoms with Crippen molar-refractivity contribution in [1.82, 2.24) is 10.3 Å². The predicted molar refractivity (Wildman–Crippen MR) is 101 cm³/mol. The predicted octanol–water partition coefficient (Wildman–Crippen LogP) is 1.61. The maximum absolute atomic E-state index is 12.4. The fourth-order valence-electron chi connectivity index (χ4n) is 3.39. The second kappa shape index (κ2) is 8.07. The molecule has 0 spiro atoms. The first-order chi connectivity index (χ1) is 13.0. The van der Waals surface area contributed by atoms with Gasteiger partial charge in [-0.2, -0.15) is 0 Å². The number of nitrogens with one attached hydrogen (secondary N) is 2. The molecule has 142 valence electrons. The van der Waals surface area contributed by atoms with Crippen LogP contribution in [0, 0.1) is 0 Å². The molecule has 1 aromatic heterocycles. The van der Waals surface area contributed by atoms with E-state index in [1.54, 1.807) is 7.11 Å². The van der Waals surface area contributed by atoms with Gasteiger partial charge >= 0.3 is 0 Å². The van der Waals surface area contributed by atoms with Gasteiger partial charge in [-0.05, 0) is 55.0 Å². The van der Waals surface area contributed by atoms with Crippen molar-refractivity contribution in [3.63, 3.8) is 0 Å². The van der Waals surface area contributed by atoms with Gasteiger partial charge in [-0.15, -0.1) is 0 Å². The number of carbonyl (C=O) groups is 2. The summed E-state index contributed by atoms with van der Waals surface area (Å²) in [6.45, 7) is 0. The Kier molecular flexibility index (Phi) is 5.59. The van der Waals surface area contributed by atoms with Gasteiger partial charge in [0.1, 0.15) is 11.3 Å². The number of hydrogen-bond acceptors (Lipinski definition) is 4. The summed E-state index contributed by atoms with van der Waals surface area (Å²) >= 11 is 0. The molecule has 1 unspecified atom stereocenters. The lowest BCUT2D eigenvalue weighted by atomic mass is 9.90. The van der Waals surface area contributed by atoms with E-state index in [9.17, 15) is 14.4 Å². The number of nitrogens with two attached hydrogens (primary N) is 1. The Balaban J connectivity index is 1.67. The zero-order valence-corrected chi connectivity index (χ0v) is 15.2. The average molecular weight is 369 g/mol. The molecule has 0 bridgehead atoms. The van der Waals surface area contributed by atoms with Crippen molar-refractivity contribution >= 4 is 11.8 Å². The van der Waals surface area contributed by atoms with Gasteiger partial charge in [0.25, 0.3) is 11.5 Å². The molecule has 7 nitrogen and oxygen atoms in total. The molecule has 4 N–H and O–H groups in total. The number of aryl methyl sites for hydroxylation is 2. The molecule has 2 aromatic rings. The van der Waals surface area contributed by atoms with Crippen LogP contribution in [0.1, 0.15) is 52.5 Å². The number of benzene rings is 1. The SMILES string of the molecule is COc1ccc(CCC(=O)NC2CCCc3[nH]c(=O)c(C(N)=O)cc32)cc1. The van der Waals surface area contributed by atoms with Gasteiger partial charge in [-0.3, -0.25) is 14.4 Å². The number of methoxy groups -OCH3 is 1. The third-order valence-corrected chi connectivity index (χ3v) is 4.85. The quantitative estimate of drug-likeness (QED) is 0.717. The van der Waals surface area contributed by atoms with Crippen LogP contribution in [0.15, 0.2) is 35.1 Å². The second-order valence-corrected chi connectivity index (χ2v) is 6.67. The molecule has 27 heavy (non-hydrogen) atoms. The molecular weight excluding hydrogens is 346 g/mol. The molecule has 0 radical (unpaired) electrons. The van der Waals surface area contributed by atoms with Crippen molar-refractivity contribution in [2.24, 2.45) is 5.73 Å². The molecule has 0 aliphatic heterocycles. The lowest BCUT2D eigenvalue weighted by Crippen LogP contribution is -2.34. The highest BCUT2D eigenvalue weighted by molar-refractivity contribution is 5.92. The number of rotatable bonds is 6. The normalized spacial score (nSPS) is 15.7. The first kappa shape index (κ1) is 18.7. The first-order valence-corrected chi connectivity index (χ1v) is 8.96. The fourth-order valence-corrected chi connectivity index (χ4v) is 3.39. The zero-order valence-electron chi connectivity index (χ0n) is 15.2. The van der Waals surface area contributed by atoms with Gasteiger partial charge in [0, 0.05) is 12.1 Å². The Bertz CT molecular complexity index is 902. The lowest BCUT2D eigenvalue weighted by Gasteiger charge is -2.26. The standard InChI is InChI=1S/C20H23N3O4/c1-27-13-8-5-12(6-9-13)7-10-18(24)22-16-3-2-4-17-14(16)11-15(19(21)25)20(26)23-17/h5-6,8-9,11,16H,2-4,7,10H2,1H3,(H2,21,25)(H,22,24)(H,23,26). The van der Waals surface area contributed by atoms with Crippen LogP contribution < -0.4 is 21.3 Å². The summed E-state index contributed by atoms with van der Waals surface area (Å²) in [6, 6.07) is 8.90. The Morgan fingerprint density at radius 1 is 1.30 bits per heavy atom. The minimum atomic E-state index is -0.769. The summed E-state index contributed by atoms with van der Waals surface area (Å²) in [6.07, 6.45) is 3.29. The van der Waals surface area contributed by atoms with Crippen molar-refractivity contribution < 1.29 is 14.3 Å². The van der Waals surface area contributed by atoms with Crippen LogP contribution in [0.5, 0.6) is 5.75 Å². The van der Waals surface area contributed by atoms with E-state index >= 15 is 0 Å². The highest BCUT2D eigenvalue weighted by Gasteiger charge is 2.24. The van der Waals surface area contributed by atoms with Crippen molar-refractivity contribution in [2.45, 2.75) is 38.1 Å². The van der Waals surface area contributed by atoms with E-state index < -0.39 is 11.5 Å². The Morgan fingerprint density at radius 2 is 2.04 bits per heavy atom. The summed E-state index contributed by atoms with van der Waals surface area (Å²) in [4.78, 5) is 38.5. The summed E-state index contributed by atoms with van der Waals surface area (Å²) in [5.41, 5.74) is 7.30. The molecule has 0 saturated carbocycles. The minimum Gasteiger partial charge on any atom is -0.497 e. The van der Waals surface area contributed by atoms with Crippen LogP contribution in [0.3, 0.4) is 0 Å². The monoisotopic (exact) mass is 369 g/mol. The van der Waals surface area contributed by atoms with E-state index in [2.05, 4.69) is 10.3 Å². The van der Waals surface area contributed by atoms with Gasteiger partial charge in [-0.1, -0.05) is 12.1 Å². The second-order valence-electron chi connectivity index (χ2n) is 6.67. The van der Waals surface area contributed by atoms with E-state index in [1.165, 1.54) is 6.07 Å². The molecular formula is C20H23N3O4. The molecule has 1 aliphatic carbocycles. The van der Waals surface area contributed by atoms with Crippen LogP contribution in [-0.2, 0) is 17.6 Å². The van der Waals surface area contributed by atoms with Gasteiger partial charge in [0.15, 0.2) is 0 Å².